The number of carbonyl (C=O) groups is 1. The van der Waals surface area contributed by atoms with Crippen LogP contribution in [0.2, 0.25) is 0 Å². The molecule has 7 nitrogen and oxygen atoms in total. The fourth-order valence-electron chi connectivity index (χ4n) is 4.00. The number of allylic oxidation sites excluding steroid dienone is 2. The molecule has 0 radical (unpaired) electrons. The Hall–Kier alpha value is -3.19. The van der Waals surface area contributed by atoms with Crippen LogP contribution in [0.5, 0.6) is 28.7 Å². The smallest absolute Gasteiger partial charge is 0.174 e. The van der Waals surface area contributed by atoms with E-state index in [0.29, 0.717) is 6.42 Å². The van der Waals surface area contributed by atoms with Crippen molar-refractivity contribution in [2.45, 2.75) is 58.7 Å². The van der Waals surface area contributed by atoms with E-state index in [4.69, 9.17) is 4.74 Å². The summed E-state index contributed by atoms with van der Waals surface area (Å²) in [5.74, 6) is -1.89. The van der Waals surface area contributed by atoms with Gasteiger partial charge in [-0.3, -0.25) is 4.79 Å². The highest BCUT2D eigenvalue weighted by Crippen LogP contribution is 2.49. The van der Waals surface area contributed by atoms with Crippen LogP contribution in [-0.2, 0) is 6.42 Å². The Balaban J connectivity index is 2.10. The lowest BCUT2D eigenvalue weighted by Gasteiger charge is -2.32. The molecule has 2 aromatic carbocycles. The molecule has 2 aromatic rings. The second kappa shape index (κ2) is 8.74. The number of phenols is 4. The van der Waals surface area contributed by atoms with Gasteiger partial charge in [0.15, 0.2) is 5.78 Å². The van der Waals surface area contributed by atoms with Crippen LogP contribution < -0.4 is 4.74 Å². The van der Waals surface area contributed by atoms with Gasteiger partial charge in [0, 0.05) is 11.6 Å². The van der Waals surface area contributed by atoms with Gasteiger partial charge in [0.05, 0.1) is 17.6 Å². The van der Waals surface area contributed by atoms with Crippen LogP contribution in [-0.4, -0.2) is 36.9 Å². The summed E-state index contributed by atoms with van der Waals surface area (Å²) < 4.78 is 6.02. The van der Waals surface area contributed by atoms with Crippen molar-refractivity contribution in [3.05, 3.63) is 52.6 Å². The first-order valence-corrected chi connectivity index (χ1v) is 10.5. The Labute approximate surface area is 187 Å². The van der Waals surface area contributed by atoms with E-state index in [9.17, 15) is 30.3 Å². The highest BCUT2D eigenvalue weighted by atomic mass is 16.5. The van der Waals surface area contributed by atoms with Gasteiger partial charge < -0.3 is 30.3 Å². The molecule has 5 N–H and O–H groups in total. The monoisotopic (exact) mass is 442 g/mol. The molecule has 7 heteroatoms. The quantitative estimate of drug-likeness (QED) is 0.417. The summed E-state index contributed by atoms with van der Waals surface area (Å²) in [5.41, 5.74) is 0.263. The number of benzene rings is 2. The Morgan fingerprint density at radius 2 is 1.75 bits per heavy atom. The zero-order valence-electron chi connectivity index (χ0n) is 18.7. The van der Waals surface area contributed by atoms with E-state index in [1.54, 1.807) is 13.8 Å². The van der Waals surface area contributed by atoms with Crippen LogP contribution in [0, 0.1) is 5.92 Å². The summed E-state index contributed by atoms with van der Waals surface area (Å²) in [6, 6.07) is 5.33. The van der Waals surface area contributed by atoms with Crippen molar-refractivity contribution in [1.29, 1.82) is 0 Å². The van der Waals surface area contributed by atoms with Crippen LogP contribution in [0.25, 0.3) is 0 Å². The summed E-state index contributed by atoms with van der Waals surface area (Å²) in [7, 11) is 0. The summed E-state index contributed by atoms with van der Waals surface area (Å²) in [4.78, 5) is 12.9. The number of fused-ring (bicyclic) bond motifs is 1. The maximum absolute atomic E-state index is 12.9. The first-order chi connectivity index (χ1) is 14.9. The number of rotatable bonds is 6. The van der Waals surface area contributed by atoms with Crippen molar-refractivity contribution in [3.63, 3.8) is 0 Å². The van der Waals surface area contributed by atoms with Crippen molar-refractivity contribution in [2.24, 2.45) is 5.92 Å². The van der Waals surface area contributed by atoms with Crippen molar-refractivity contribution in [1.82, 2.24) is 0 Å². The normalized spacial score (nSPS) is 16.8. The molecule has 1 heterocycles. The molecule has 0 amide bonds. The molecule has 1 aliphatic heterocycles. The Morgan fingerprint density at radius 1 is 1.12 bits per heavy atom. The van der Waals surface area contributed by atoms with E-state index in [-0.39, 0.29) is 58.4 Å². The lowest BCUT2D eigenvalue weighted by molar-refractivity contribution is 0.0175. The highest BCUT2D eigenvalue weighted by Gasteiger charge is 2.37. The van der Waals surface area contributed by atoms with Crippen molar-refractivity contribution < 1.29 is 35.1 Å². The molecule has 0 bridgehead atoms. The maximum atomic E-state index is 12.9. The molecule has 0 unspecified atom stereocenters. The second-order valence-corrected chi connectivity index (χ2v) is 9.11. The Kier molecular flexibility index (Phi) is 6.41. The van der Waals surface area contributed by atoms with Crippen LogP contribution >= 0.6 is 0 Å². The number of ketones is 1. The molecule has 1 aliphatic rings. The summed E-state index contributed by atoms with van der Waals surface area (Å²) in [6.45, 7) is 7.25. The van der Waals surface area contributed by atoms with Gasteiger partial charge in [0.25, 0.3) is 0 Å². The molecule has 0 aromatic heterocycles. The predicted octanol–water partition coefficient (Wildman–Crippen LogP) is 4.50. The summed E-state index contributed by atoms with van der Waals surface area (Å²) in [5, 5.41) is 52.2. The van der Waals surface area contributed by atoms with Crippen molar-refractivity contribution in [3.8, 4) is 28.7 Å². The van der Waals surface area contributed by atoms with E-state index >= 15 is 0 Å². The van der Waals surface area contributed by atoms with Gasteiger partial charge in [-0.2, -0.15) is 0 Å². The Bertz CT molecular complexity index is 1040. The lowest BCUT2D eigenvalue weighted by atomic mass is 9.81. The third-order valence-electron chi connectivity index (χ3n) is 5.89. The van der Waals surface area contributed by atoms with E-state index < -0.39 is 23.2 Å². The minimum absolute atomic E-state index is 0.00199. The molecule has 2 atom stereocenters. The number of aliphatic hydroxyl groups is 1. The molecular formula is C25H30O7. The lowest BCUT2D eigenvalue weighted by Crippen LogP contribution is -2.32. The molecule has 3 rings (SSSR count). The maximum Gasteiger partial charge on any atom is 0.174 e. The topological polar surface area (TPSA) is 127 Å². The molecule has 172 valence electrons. The van der Waals surface area contributed by atoms with Crippen LogP contribution in [0.4, 0.5) is 0 Å². The number of hydrogen-bond donors (Lipinski definition) is 5. The first kappa shape index (κ1) is 23.5. The molecule has 0 saturated heterocycles. The SMILES string of the molecule is CC(C)=CC[C@H](Cc1c(O)cc(O)c2c1O[C@@H](c1c(O)cccc1O)CC2=O)C(C)(C)O. The minimum atomic E-state index is -1.10. The van der Waals surface area contributed by atoms with Gasteiger partial charge in [-0.05, 0) is 58.6 Å². The number of aromatic hydroxyl groups is 4. The predicted molar refractivity (Wildman–Crippen MR) is 119 cm³/mol. The highest BCUT2D eigenvalue weighted by molar-refractivity contribution is 6.03. The van der Waals surface area contributed by atoms with Crippen LogP contribution in [0.3, 0.4) is 0 Å². The number of hydrogen-bond acceptors (Lipinski definition) is 7. The van der Waals surface area contributed by atoms with Gasteiger partial charge >= 0.3 is 0 Å². The van der Waals surface area contributed by atoms with Crippen molar-refractivity contribution >= 4 is 5.78 Å². The molecular weight excluding hydrogens is 412 g/mol. The Morgan fingerprint density at radius 3 is 2.31 bits per heavy atom. The molecule has 32 heavy (non-hydrogen) atoms. The van der Waals surface area contributed by atoms with E-state index in [1.807, 2.05) is 19.9 Å². The van der Waals surface area contributed by atoms with E-state index in [2.05, 4.69) is 0 Å². The van der Waals surface area contributed by atoms with Gasteiger partial charge in [-0.1, -0.05) is 17.7 Å². The fourth-order valence-corrected chi connectivity index (χ4v) is 4.00. The second-order valence-electron chi connectivity index (χ2n) is 9.11. The zero-order chi connectivity index (χ0) is 23.8. The van der Waals surface area contributed by atoms with Crippen LogP contribution in [0.1, 0.15) is 68.1 Å². The van der Waals surface area contributed by atoms with Gasteiger partial charge in [0.1, 0.15) is 40.4 Å². The third-order valence-corrected chi connectivity index (χ3v) is 5.89. The molecule has 0 spiro atoms. The fraction of sp³-hybridized carbons (Fsp3) is 0.400. The summed E-state index contributed by atoms with van der Waals surface area (Å²) in [6.07, 6.45) is 1.48. The largest absolute Gasteiger partial charge is 0.507 e. The number of phenolic OH excluding ortho intramolecular Hbond substituents is 4. The van der Waals surface area contributed by atoms with Gasteiger partial charge in [-0.25, -0.2) is 0 Å². The average molecular weight is 443 g/mol. The molecule has 0 fully saturated rings. The summed E-state index contributed by atoms with van der Waals surface area (Å²) >= 11 is 0. The molecule has 0 saturated carbocycles. The average Bonchev–Trinajstić information content (AvgIpc) is 2.65. The number of carbonyl (C=O) groups excluding carboxylic acids is 1. The van der Waals surface area contributed by atoms with Gasteiger partial charge in [-0.15, -0.1) is 0 Å². The number of ether oxygens (including phenoxy) is 1. The molecule has 0 aliphatic carbocycles. The standard InChI is InChI=1S/C25H30O7/c1-13(2)8-9-14(25(3,4)31)10-15-18(28)11-19(29)23-20(30)12-21(32-24(15)23)22-16(26)6-5-7-17(22)27/h5-8,11,14,21,26-29,31H,9-10,12H2,1-4H3/t14-,21-/m1/s1. The van der Waals surface area contributed by atoms with Crippen LogP contribution in [0.15, 0.2) is 35.9 Å². The van der Waals surface area contributed by atoms with E-state index in [1.165, 1.54) is 18.2 Å². The van der Waals surface area contributed by atoms with Crippen molar-refractivity contribution in [2.75, 3.05) is 0 Å². The van der Waals surface area contributed by atoms with Gasteiger partial charge in [0.2, 0.25) is 0 Å². The first-order valence-electron chi connectivity index (χ1n) is 10.5. The third kappa shape index (κ3) is 4.67. The zero-order valence-corrected chi connectivity index (χ0v) is 18.7. The van der Waals surface area contributed by atoms with E-state index in [0.717, 1.165) is 11.6 Å². The number of Topliss-reactive ketones (excluding diaryl/α,β-unsaturated/α-hetero) is 1. The minimum Gasteiger partial charge on any atom is -0.507 e.